The fourth-order valence-corrected chi connectivity index (χ4v) is 0.794. The molecule has 1 rings (SSSR count). The number of thiol groups is 1. The third-order valence-electron chi connectivity index (χ3n) is 0.986. The van der Waals surface area contributed by atoms with Gasteiger partial charge in [-0.15, -0.1) is 0 Å². The molecule has 0 saturated carbocycles. The first-order valence-corrected chi connectivity index (χ1v) is 4.00. The van der Waals surface area contributed by atoms with Crippen LogP contribution in [0.3, 0.4) is 0 Å². The van der Waals surface area contributed by atoms with Crippen LogP contribution in [0.4, 0.5) is 0 Å². The average molecular weight is 170 g/mol. The van der Waals surface area contributed by atoms with E-state index in [1.807, 2.05) is 0 Å². The van der Waals surface area contributed by atoms with E-state index in [1.165, 1.54) is 12.4 Å². The Morgan fingerprint density at radius 3 is 2.91 bits per heavy atom. The maximum Gasteiger partial charge on any atom is 0.243 e. The van der Waals surface area contributed by atoms with Gasteiger partial charge in [0.2, 0.25) is 10.9 Å². The van der Waals surface area contributed by atoms with Crippen molar-refractivity contribution in [3.8, 4) is 0 Å². The summed E-state index contributed by atoms with van der Waals surface area (Å²) < 4.78 is 23.2. The lowest BCUT2D eigenvalue weighted by atomic mass is 10.3. The minimum absolute atomic E-state index is 0.673. The molecule has 0 bridgehead atoms. The van der Waals surface area contributed by atoms with Crippen molar-refractivity contribution in [3.05, 3.63) is 30.1 Å². The van der Waals surface area contributed by atoms with E-state index in [-0.39, 0.29) is 0 Å². The van der Waals surface area contributed by atoms with Gasteiger partial charge in [-0.2, -0.15) is 4.40 Å². The third-order valence-corrected chi connectivity index (χ3v) is 1.29. The van der Waals surface area contributed by atoms with E-state index in [4.69, 9.17) is 0 Å². The molecule has 1 heterocycles. The van der Waals surface area contributed by atoms with Crippen LogP contribution >= 0.6 is 0 Å². The van der Waals surface area contributed by atoms with Gasteiger partial charge in [0.05, 0.1) is 0 Å². The van der Waals surface area contributed by atoms with Gasteiger partial charge in [0.25, 0.3) is 0 Å². The molecule has 5 heteroatoms. The van der Waals surface area contributed by atoms with E-state index in [2.05, 4.69) is 9.38 Å². The monoisotopic (exact) mass is 170 g/mol. The van der Waals surface area contributed by atoms with Gasteiger partial charge in [-0.1, -0.05) is 6.07 Å². The van der Waals surface area contributed by atoms with Gasteiger partial charge in [0.15, 0.2) is 0 Å². The van der Waals surface area contributed by atoms with E-state index < -0.39 is 10.9 Å². The molecule has 0 radical (unpaired) electrons. The summed E-state index contributed by atoms with van der Waals surface area (Å²) in [6.07, 6.45) is 4.38. The molecule has 1 aromatic heterocycles. The number of aromatic nitrogens is 1. The van der Waals surface area contributed by atoms with Crippen LogP contribution in [0.15, 0.2) is 28.9 Å². The lowest BCUT2D eigenvalue weighted by molar-refractivity contribution is 0.616. The molecule has 0 aliphatic rings. The van der Waals surface area contributed by atoms with Crippen molar-refractivity contribution in [2.45, 2.75) is 0 Å². The highest BCUT2D eigenvalue weighted by Gasteiger charge is 1.83. The summed E-state index contributed by atoms with van der Waals surface area (Å²) in [5.41, 5.74) is 0.673. The first-order chi connectivity index (χ1) is 5.29. The molecular formula is C6H6N2O2S. The Morgan fingerprint density at radius 1 is 1.55 bits per heavy atom. The fourth-order valence-electron chi connectivity index (χ4n) is 0.566. The van der Waals surface area contributed by atoms with E-state index in [1.54, 1.807) is 18.3 Å². The Morgan fingerprint density at radius 2 is 2.36 bits per heavy atom. The highest BCUT2D eigenvalue weighted by Crippen LogP contribution is 1.89. The summed E-state index contributed by atoms with van der Waals surface area (Å²) in [5.74, 6) is 0. The van der Waals surface area contributed by atoms with Gasteiger partial charge in [-0.25, -0.2) is 8.42 Å². The van der Waals surface area contributed by atoms with Crippen LogP contribution < -0.4 is 0 Å². The normalized spacial score (nSPS) is 11.0. The van der Waals surface area contributed by atoms with Crippen LogP contribution in [0.1, 0.15) is 5.56 Å². The number of rotatable bonds is 2. The minimum Gasteiger partial charge on any atom is -0.264 e. The molecule has 11 heavy (non-hydrogen) atoms. The largest absolute Gasteiger partial charge is 0.264 e. The fraction of sp³-hybridized carbons (Fsp3) is 0. The molecule has 0 unspecified atom stereocenters. The minimum atomic E-state index is -2.68. The van der Waals surface area contributed by atoms with Crippen LogP contribution in [-0.2, 0) is 10.9 Å². The SMILES string of the molecule is O=[SH](=O)/N=C/c1cccnc1. The van der Waals surface area contributed by atoms with Gasteiger partial charge < -0.3 is 0 Å². The Balaban J connectivity index is 2.80. The highest BCUT2D eigenvalue weighted by atomic mass is 32.2. The van der Waals surface area contributed by atoms with Gasteiger partial charge in [0.1, 0.15) is 0 Å². The Hall–Kier alpha value is -1.23. The van der Waals surface area contributed by atoms with E-state index >= 15 is 0 Å². The van der Waals surface area contributed by atoms with Crippen molar-refractivity contribution in [2.24, 2.45) is 4.40 Å². The van der Waals surface area contributed by atoms with Crippen molar-refractivity contribution in [1.82, 2.24) is 4.98 Å². The quantitative estimate of drug-likeness (QED) is 0.503. The average Bonchev–Trinajstić information content (AvgIpc) is 2.03. The van der Waals surface area contributed by atoms with Crippen molar-refractivity contribution in [2.75, 3.05) is 0 Å². The number of hydrogen-bond donors (Lipinski definition) is 1. The summed E-state index contributed by atoms with van der Waals surface area (Å²) in [4.78, 5) is 3.77. The molecule has 0 aliphatic heterocycles. The molecule has 0 aliphatic carbocycles. The van der Waals surface area contributed by atoms with Crippen LogP contribution in [0.25, 0.3) is 0 Å². The van der Waals surface area contributed by atoms with Gasteiger partial charge in [0, 0.05) is 24.2 Å². The summed E-state index contributed by atoms with van der Waals surface area (Å²) in [7, 11) is -2.68. The topological polar surface area (TPSA) is 59.4 Å². The summed E-state index contributed by atoms with van der Waals surface area (Å²) >= 11 is 0. The smallest absolute Gasteiger partial charge is 0.243 e. The molecule has 0 aromatic carbocycles. The van der Waals surface area contributed by atoms with Crippen molar-refractivity contribution >= 4 is 17.1 Å². The summed E-state index contributed by atoms with van der Waals surface area (Å²) in [6.45, 7) is 0. The molecule has 0 fully saturated rings. The van der Waals surface area contributed by atoms with Crippen LogP contribution in [0.2, 0.25) is 0 Å². The number of pyridine rings is 1. The first-order valence-electron chi connectivity index (χ1n) is 2.87. The van der Waals surface area contributed by atoms with Crippen LogP contribution in [0, 0.1) is 0 Å². The molecule has 0 N–H and O–H groups in total. The van der Waals surface area contributed by atoms with E-state index in [9.17, 15) is 8.42 Å². The second-order valence-corrected chi connectivity index (χ2v) is 2.48. The zero-order valence-electron chi connectivity index (χ0n) is 5.54. The molecule has 58 valence electrons. The Labute approximate surface area is 65.7 Å². The molecule has 0 amide bonds. The number of hydrogen-bond acceptors (Lipinski definition) is 3. The standard InChI is InChI=1S/C6H6N2O2S/c9-11(10)8-5-6-2-1-3-7-4-6/h1-5,11H/b8-5+. The van der Waals surface area contributed by atoms with Gasteiger partial charge in [-0.05, 0) is 6.07 Å². The predicted molar refractivity (Wildman–Crippen MR) is 42.1 cm³/mol. The highest BCUT2D eigenvalue weighted by molar-refractivity contribution is 7.71. The zero-order chi connectivity index (χ0) is 8.10. The zero-order valence-corrected chi connectivity index (χ0v) is 6.44. The Bertz CT molecular complexity index is 311. The first kappa shape index (κ1) is 7.87. The van der Waals surface area contributed by atoms with E-state index in [0.717, 1.165) is 0 Å². The molecule has 0 atom stereocenters. The van der Waals surface area contributed by atoms with Gasteiger partial charge >= 0.3 is 0 Å². The maximum atomic E-state index is 9.99. The molecular weight excluding hydrogens is 164 g/mol. The Kier molecular flexibility index (Phi) is 2.74. The van der Waals surface area contributed by atoms with Crippen molar-refractivity contribution < 1.29 is 8.42 Å². The van der Waals surface area contributed by atoms with Gasteiger partial charge in [-0.3, -0.25) is 4.98 Å². The molecule has 0 saturated heterocycles. The lowest BCUT2D eigenvalue weighted by Gasteiger charge is -1.85. The van der Waals surface area contributed by atoms with Crippen LogP contribution in [0.5, 0.6) is 0 Å². The molecule has 4 nitrogen and oxygen atoms in total. The van der Waals surface area contributed by atoms with Crippen LogP contribution in [-0.4, -0.2) is 19.6 Å². The molecule has 0 spiro atoms. The van der Waals surface area contributed by atoms with Crippen molar-refractivity contribution in [1.29, 1.82) is 0 Å². The molecule has 1 aromatic rings. The third kappa shape index (κ3) is 2.90. The summed E-state index contributed by atoms with van der Waals surface area (Å²) in [6, 6.07) is 3.43. The summed E-state index contributed by atoms with van der Waals surface area (Å²) in [5, 5.41) is 0. The second kappa shape index (κ2) is 3.82. The number of nitrogens with zero attached hydrogens (tertiary/aromatic N) is 2. The van der Waals surface area contributed by atoms with Crippen molar-refractivity contribution in [3.63, 3.8) is 0 Å². The second-order valence-electron chi connectivity index (χ2n) is 1.77. The van der Waals surface area contributed by atoms with E-state index in [0.29, 0.717) is 5.56 Å². The predicted octanol–water partition coefficient (Wildman–Crippen LogP) is 0.0269. The lowest BCUT2D eigenvalue weighted by Crippen LogP contribution is -1.81. The maximum absolute atomic E-state index is 9.99.